The fourth-order valence-electron chi connectivity index (χ4n) is 2.56. The molecular formula is C19H19ClN4O. The highest BCUT2D eigenvalue weighted by Gasteiger charge is 2.13. The summed E-state index contributed by atoms with van der Waals surface area (Å²) in [5.41, 5.74) is 14.6. The quantitative estimate of drug-likeness (QED) is 0.715. The van der Waals surface area contributed by atoms with E-state index in [9.17, 15) is 0 Å². The number of nitrogens with zero attached hydrogens (tertiary/aromatic N) is 2. The van der Waals surface area contributed by atoms with Gasteiger partial charge in [-0.25, -0.2) is 4.98 Å². The molecule has 25 heavy (non-hydrogen) atoms. The molecule has 4 N–H and O–H groups in total. The van der Waals surface area contributed by atoms with E-state index in [2.05, 4.69) is 9.97 Å². The summed E-state index contributed by atoms with van der Waals surface area (Å²) in [6.07, 6.45) is 1.43. The summed E-state index contributed by atoms with van der Waals surface area (Å²) in [4.78, 5) is 8.18. The van der Waals surface area contributed by atoms with Gasteiger partial charge in [-0.05, 0) is 48.2 Å². The molecule has 0 amide bonds. The van der Waals surface area contributed by atoms with Gasteiger partial charge in [-0.1, -0.05) is 42.8 Å². The van der Waals surface area contributed by atoms with E-state index in [1.54, 1.807) is 0 Å². The normalized spacial score (nSPS) is 10.6. The molecule has 0 radical (unpaired) electrons. The highest BCUT2D eigenvalue weighted by atomic mass is 35.5. The number of halogens is 1. The molecule has 3 rings (SSSR count). The van der Waals surface area contributed by atoms with E-state index in [1.165, 1.54) is 5.56 Å². The Hall–Kier alpha value is -2.79. The number of hydrogen-bond donors (Lipinski definition) is 2. The molecule has 0 fully saturated rings. The largest absolute Gasteiger partial charge is 0.452 e. The van der Waals surface area contributed by atoms with Crippen molar-refractivity contribution >= 4 is 23.4 Å². The van der Waals surface area contributed by atoms with Gasteiger partial charge in [0.25, 0.3) is 0 Å². The molecule has 0 aliphatic carbocycles. The van der Waals surface area contributed by atoms with E-state index in [4.69, 9.17) is 27.8 Å². The molecule has 0 atom stereocenters. The fraction of sp³-hybridized carbons (Fsp3) is 0.158. The van der Waals surface area contributed by atoms with Gasteiger partial charge >= 0.3 is 0 Å². The van der Waals surface area contributed by atoms with E-state index < -0.39 is 0 Å². The lowest BCUT2D eigenvalue weighted by Gasteiger charge is -2.13. The van der Waals surface area contributed by atoms with Gasteiger partial charge < -0.3 is 16.2 Å². The minimum absolute atomic E-state index is 0.151. The maximum absolute atomic E-state index is 5.96. The van der Waals surface area contributed by atoms with Crippen LogP contribution in [0.2, 0.25) is 5.02 Å². The third-order valence-corrected chi connectivity index (χ3v) is 4.01. The Morgan fingerprint density at radius 1 is 1.00 bits per heavy atom. The molecule has 0 unspecified atom stereocenters. The minimum atomic E-state index is 0.151. The zero-order valence-corrected chi connectivity index (χ0v) is 14.6. The van der Waals surface area contributed by atoms with Crippen LogP contribution < -0.4 is 16.2 Å². The SMILES string of the molecule is CCc1nc(N)nc(N)c1Oc1cccc(Cc2ccc(Cl)cc2)c1. The summed E-state index contributed by atoms with van der Waals surface area (Å²) >= 11 is 5.93. The van der Waals surface area contributed by atoms with Gasteiger partial charge in [-0.15, -0.1) is 0 Å². The Morgan fingerprint density at radius 3 is 2.48 bits per heavy atom. The van der Waals surface area contributed by atoms with E-state index >= 15 is 0 Å². The zero-order valence-electron chi connectivity index (χ0n) is 13.9. The van der Waals surface area contributed by atoms with Crippen LogP contribution in [-0.2, 0) is 12.8 Å². The number of nitrogen functional groups attached to an aromatic ring is 2. The van der Waals surface area contributed by atoms with E-state index in [-0.39, 0.29) is 11.8 Å². The van der Waals surface area contributed by atoms with Crippen LogP contribution in [-0.4, -0.2) is 9.97 Å². The number of anilines is 2. The molecule has 0 saturated carbocycles. The molecule has 1 aromatic heterocycles. The van der Waals surface area contributed by atoms with Crippen molar-refractivity contribution in [3.63, 3.8) is 0 Å². The molecule has 0 bridgehead atoms. The van der Waals surface area contributed by atoms with Crippen LogP contribution in [0.3, 0.4) is 0 Å². The molecule has 5 nitrogen and oxygen atoms in total. The molecule has 3 aromatic rings. The first kappa shape index (κ1) is 17.0. The average Bonchev–Trinajstić information content (AvgIpc) is 2.59. The van der Waals surface area contributed by atoms with Crippen molar-refractivity contribution in [3.05, 3.63) is 70.4 Å². The van der Waals surface area contributed by atoms with Crippen LogP contribution in [0, 0.1) is 0 Å². The van der Waals surface area contributed by atoms with Crippen molar-refractivity contribution in [2.45, 2.75) is 19.8 Å². The highest BCUT2D eigenvalue weighted by molar-refractivity contribution is 6.30. The van der Waals surface area contributed by atoms with Gasteiger partial charge in [-0.3, -0.25) is 0 Å². The molecular weight excluding hydrogens is 336 g/mol. The molecule has 0 aliphatic heterocycles. The van der Waals surface area contributed by atoms with Crippen LogP contribution in [0.4, 0.5) is 11.8 Å². The number of nitrogens with two attached hydrogens (primary N) is 2. The summed E-state index contributed by atoms with van der Waals surface area (Å²) in [6.45, 7) is 1.96. The summed E-state index contributed by atoms with van der Waals surface area (Å²) in [7, 11) is 0. The van der Waals surface area contributed by atoms with Crippen molar-refractivity contribution in [3.8, 4) is 11.5 Å². The van der Waals surface area contributed by atoms with Crippen LogP contribution >= 0.6 is 11.6 Å². The Kier molecular flexibility index (Phi) is 5.05. The molecule has 0 aliphatic rings. The van der Waals surface area contributed by atoms with E-state index in [1.807, 2.05) is 55.5 Å². The van der Waals surface area contributed by atoms with Crippen LogP contribution in [0.15, 0.2) is 48.5 Å². The second-order valence-electron chi connectivity index (χ2n) is 5.65. The van der Waals surface area contributed by atoms with E-state index in [0.29, 0.717) is 23.6 Å². The lowest BCUT2D eigenvalue weighted by molar-refractivity contribution is 0.473. The maximum atomic E-state index is 5.96. The highest BCUT2D eigenvalue weighted by Crippen LogP contribution is 2.30. The summed E-state index contributed by atoms with van der Waals surface area (Å²) in [6, 6.07) is 15.6. The lowest BCUT2D eigenvalue weighted by atomic mass is 10.1. The summed E-state index contributed by atoms with van der Waals surface area (Å²) < 4.78 is 5.96. The van der Waals surface area contributed by atoms with Crippen LogP contribution in [0.1, 0.15) is 23.7 Å². The number of aromatic nitrogens is 2. The number of benzene rings is 2. The summed E-state index contributed by atoms with van der Waals surface area (Å²) in [5, 5.41) is 0.728. The van der Waals surface area contributed by atoms with Crippen molar-refractivity contribution < 1.29 is 4.74 Å². The predicted octanol–water partition coefficient (Wildman–Crippen LogP) is 4.24. The van der Waals surface area contributed by atoms with Crippen molar-refractivity contribution in [1.82, 2.24) is 9.97 Å². The standard InChI is InChI=1S/C19H19ClN4O/c1-2-16-17(18(21)24-19(22)23-16)25-15-5-3-4-13(11-15)10-12-6-8-14(20)9-7-12/h3-9,11H,2,10H2,1H3,(H4,21,22,23,24). The van der Waals surface area contributed by atoms with Crippen molar-refractivity contribution in [1.29, 1.82) is 0 Å². The Morgan fingerprint density at radius 2 is 1.76 bits per heavy atom. The second kappa shape index (κ2) is 7.40. The first-order valence-corrected chi connectivity index (χ1v) is 8.36. The minimum Gasteiger partial charge on any atom is -0.452 e. The van der Waals surface area contributed by atoms with E-state index in [0.717, 1.165) is 17.0 Å². The predicted molar refractivity (Wildman–Crippen MR) is 101 cm³/mol. The topological polar surface area (TPSA) is 87.0 Å². The van der Waals surface area contributed by atoms with Gasteiger partial charge in [-0.2, -0.15) is 4.98 Å². The van der Waals surface area contributed by atoms with Gasteiger partial charge in [0.15, 0.2) is 11.6 Å². The smallest absolute Gasteiger partial charge is 0.222 e. The first-order valence-electron chi connectivity index (χ1n) is 7.98. The number of ether oxygens (including phenoxy) is 1. The zero-order chi connectivity index (χ0) is 17.8. The average molecular weight is 355 g/mol. The molecule has 128 valence electrons. The first-order chi connectivity index (χ1) is 12.0. The monoisotopic (exact) mass is 354 g/mol. The molecule has 0 spiro atoms. The molecule has 6 heteroatoms. The lowest BCUT2D eigenvalue weighted by Crippen LogP contribution is -2.06. The Labute approximate surface area is 151 Å². The number of hydrogen-bond acceptors (Lipinski definition) is 5. The number of aryl methyl sites for hydroxylation is 1. The fourth-order valence-corrected chi connectivity index (χ4v) is 2.69. The molecule has 0 saturated heterocycles. The van der Waals surface area contributed by atoms with Crippen molar-refractivity contribution in [2.24, 2.45) is 0 Å². The van der Waals surface area contributed by atoms with Gasteiger partial charge in [0, 0.05) is 5.02 Å². The van der Waals surface area contributed by atoms with Gasteiger partial charge in [0.2, 0.25) is 5.95 Å². The Balaban J connectivity index is 1.84. The Bertz CT molecular complexity index is 881. The second-order valence-corrected chi connectivity index (χ2v) is 6.09. The number of rotatable bonds is 5. The van der Waals surface area contributed by atoms with Crippen molar-refractivity contribution in [2.75, 3.05) is 11.5 Å². The maximum Gasteiger partial charge on any atom is 0.222 e. The van der Waals surface area contributed by atoms with Crippen LogP contribution in [0.5, 0.6) is 11.5 Å². The molecule has 1 heterocycles. The summed E-state index contributed by atoms with van der Waals surface area (Å²) in [5.74, 6) is 1.53. The third-order valence-electron chi connectivity index (χ3n) is 3.75. The van der Waals surface area contributed by atoms with Gasteiger partial charge in [0.1, 0.15) is 5.75 Å². The third kappa shape index (κ3) is 4.19. The van der Waals surface area contributed by atoms with Gasteiger partial charge in [0.05, 0.1) is 5.69 Å². The molecule has 2 aromatic carbocycles. The van der Waals surface area contributed by atoms with Crippen LogP contribution in [0.25, 0.3) is 0 Å².